The van der Waals surface area contributed by atoms with E-state index in [4.69, 9.17) is 0 Å². The quantitative estimate of drug-likeness (QED) is 0.750. The number of pyridine rings is 1. The zero-order valence-corrected chi connectivity index (χ0v) is 16.6. The van der Waals surface area contributed by atoms with Crippen molar-refractivity contribution in [2.75, 3.05) is 19.0 Å². The molecule has 1 aromatic rings. The summed E-state index contributed by atoms with van der Waals surface area (Å²) < 4.78 is 5.40. The van der Waals surface area contributed by atoms with Crippen molar-refractivity contribution in [1.29, 1.82) is 0 Å². The minimum atomic E-state index is -0.748. The standard InChI is InChI=1S/C17H23BrN4O4/c1-10(2)14(21-17(25)26-3)16(24)22-8-4-5-12(22)15(23)20-13-7-6-11(18)9-19-13/h6-7,9-10,12,14H,4-5,8H2,1-3H3,(H,21,25)(H,19,20,23)/t12-,14-/m0/s1. The van der Waals surface area contributed by atoms with Crippen molar-refractivity contribution in [3.8, 4) is 0 Å². The molecule has 0 unspecified atom stereocenters. The molecule has 1 aliphatic heterocycles. The molecule has 2 heterocycles. The van der Waals surface area contributed by atoms with Gasteiger partial charge in [0.2, 0.25) is 11.8 Å². The van der Waals surface area contributed by atoms with Gasteiger partial charge in [0.05, 0.1) is 7.11 Å². The van der Waals surface area contributed by atoms with Gasteiger partial charge in [0.15, 0.2) is 0 Å². The second kappa shape index (κ2) is 8.98. The fourth-order valence-corrected chi connectivity index (χ4v) is 3.08. The second-order valence-corrected chi connectivity index (χ2v) is 7.31. The van der Waals surface area contributed by atoms with Crippen LogP contribution in [0.5, 0.6) is 0 Å². The third kappa shape index (κ3) is 4.94. The summed E-state index contributed by atoms with van der Waals surface area (Å²) in [4.78, 5) is 42.7. The third-order valence-corrected chi connectivity index (χ3v) is 4.68. The fourth-order valence-electron chi connectivity index (χ4n) is 2.84. The molecule has 0 saturated carbocycles. The Morgan fingerprint density at radius 2 is 2.08 bits per heavy atom. The summed E-state index contributed by atoms with van der Waals surface area (Å²) >= 11 is 3.29. The number of carbonyl (C=O) groups excluding carboxylic acids is 3. The molecule has 1 aromatic heterocycles. The molecule has 3 amide bonds. The first-order valence-corrected chi connectivity index (χ1v) is 9.20. The highest BCUT2D eigenvalue weighted by atomic mass is 79.9. The van der Waals surface area contributed by atoms with Gasteiger partial charge in [-0.05, 0) is 46.8 Å². The van der Waals surface area contributed by atoms with Crippen molar-refractivity contribution < 1.29 is 19.1 Å². The molecular weight excluding hydrogens is 404 g/mol. The van der Waals surface area contributed by atoms with Crippen molar-refractivity contribution in [3.05, 3.63) is 22.8 Å². The number of amides is 3. The average molecular weight is 427 g/mol. The molecule has 2 N–H and O–H groups in total. The number of ether oxygens (including phenoxy) is 1. The monoisotopic (exact) mass is 426 g/mol. The molecule has 8 nitrogen and oxygen atoms in total. The molecule has 0 aromatic carbocycles. The highest BCUT2D eigenvalue weighted by Crippen LogP contribution is 2.22. The molecule has 0 spiro atoms. The first-order valence-electron chi connectivity index (χ1n) is 8.41. The summed E-state index contributed by atoms with van der Waals surface area (Å²) in [7, 11) is 1.24. The normalized spacial score (nSPS) is 17.7. The molecule has 26 heavy (non-hydrogen) atoms. The van der Waals surface area contributed by atoms with E-state index in [-0.39, 0.29) is 17.7 Å². The smallest absolute Gasteiger partial charge is 0.407 e. The van der Waals surface area contributed by atoms with E-state index in [2.05, 4.69) is 36.3 Å². The third-order valence-electron chi connectivity index (χ3n) is 4.21. The van der Waals surface area contributed by atoms with Gasteiger partial charge < -0.3 is 20.3 Å². The van der Waals surface area contributed by atoms with E-state index in [9.17, 15) is 14.4 Å². The van der Waals surface area contributed by atoms with Crippen LogP contribution in [0.3, 0.4) is 0 Å². The van der Waals surface area contributed by atoms with Crippen LogP contribution in [0.2, 0.25) is 0 Å². The average Bonchev–Trinajstić information content (AvgIpc) is 3.10. The first kappa shape index (κ1) is 20.2. The van der Waals surface area contributed by atoms with Gasteiger partial charge in [-0.2, -0.15) is 0 Å². The number of rotatable bonds is 5. The number of methoxy groups -OCH3 is 1. The summed E-state index contributed by atoms with van der Waals surface area (Å²) in [6, 6.07) is 2.11. The Kier molecular flexibility index (Phi) is 6.96. The van der Waals surface area contributed by atoms with Crippen LogP contribution in [0, 0.1) is 5.92 Å². The minimum Gasteiger partial charge on any atom is -0.453 e. The lowest BCUT2D eigenvalue weighted by Gasteiger charge is -2.30. The maximum absolute atomic E-state index is 12.9. The van der Waals surface area contributed by atoms with Crippen molar-refractivity contribution in [2.45, 2.75) is 38.8 Å². The van der Waals surface area contributed by atoms with Crippen LogP contribution >= 0.6 is 15.9 Å². The van der Waals surface area contributed by atoms with Crippen LogP contribution < -0.4 is 10.6 Å². The summed E-state index contributed by atoms with van der Waals surface area (Å²) in [5.41, 5.74) is 0. The van der Waals surface area contributed by atoms with Crippen LogP contribution in [0.25, 0.3) is 0 Å². The molecule has 1 aliphatic rings. The van der Waals surface area contributed by atoms with Crippen LogP contribution in [-0.4, -0.2) is 53.5 Å². The number of halogens is 1. The van der Waals surface area contributed by atoms with E-state index < -0.39 is 18.2 Å². The molecule has 142 valence electrons. The molecule has 2 rings (SSSR count). The van der Waals surface area contributed by atoms with Gasteiger partial charge in [-0.15, -0.1) is 0 Å². The van der Waals surface area contributed by atoms with Crippen molar-refractivity contribution in [2.24, 2.45) is 5.92 Å². The minimum absolute atomic E-state index is 0.140. The summed E-state index contributed by atoms with van der Waals surface area (Å²) in [6.07, 6.45) is 2.20. The number of hydrogen-bond acceptors (Lipinski definition) is 5. The number of nitrogens with one attached hydrogen (secondary N) is 2. The maximum Gasteiger partial charge on any atom is 0.407 e. The second-order valence-electron chi connectivity index (χ2n) is 6.40. The van der Waals surface area contributed by atoms with E-state index in [1.165, 1.54) is 12.0 Å². The largest absolute Gasteiger partial charge is 0.453 e. The Hall–Kier alpha value is -2.16. The zero-order valence-electron chi connectivity index (χ0n) is 15.0. The summed E-state index contributed by atoms with van der Waals surface area (Å²) in [5, 5.41) is 5.30. The number of hydrogen-bond donors (Lipinski definition) is 2. The maximum atomic E-state index is 12.9. The van der Waals surface area contributed by atoms with E-state index in [0.29, 0.717) is 18.8 Å². The molecule has 0 radical (unpaired) electrons. The van der Waals surface area contributed by atoms with Gasteiger partial charge >= 0.3 is 6.09 Å². The van der Waals surface area contributed by atoms with Crippen molar-refractivity contribution in [3.63, 3.8) is 0 Å². The Bertz CT molecular complexity index is 665. The number of anilines is 1. The lowest BCUT2D eigenvalue weighted by Crippen LogP contribution is -2.54. The van der Waals surface area contributed by atoms with Crippen molar-refractivity contribution >= 4 is 39.7 Å². The van der Waals surface area contributed by atoms with E-state index in [1.807, 2.05) is 13.8 Å². The van der Waals surface area contributed by atoms with Gasteiger partial charge in [-0.3, -0.25) is 9.59 Å². The van der Waals surface area contributed by atoms with Crippen LogP contribution in [0.4, 0.5) is 10.6 Å². The van der Waals surface area contributed by atoms with Crippen LogP contribution in [0.1, 0.15) is 26.7 Å². The Labute approximate surface area is 160 Å². The number of carbonyl (C=O) groups is 3. The summed E-state index contributed by atoms with van der Waals surface area (Å²) in [5.74, 6) is -0.289. The molecule has 9 heteroatoms. The molecule has 1 fully saturated rings. The van der Waals surface area contributed by atoms with E-state index in [1.54, 1.807) is 18.3 Å². The molecule has 2 atom stereocenters. The fraction of sp³-hybridized carbons (Fsp3) is 0.529. The number of aromatic nitrogens is 1. The molecule has 0 bridgehead atoms. The SMILES string of the molecule is COC(=O)N[C@H](C(=O)N1CCC[C@H]1C(=O)Nc1ccc(Br)cn1)C(C)C. The van der Waals surface area contributed by atoms with E-state index in [0.717, 1.165) is 10.9 Å². The number of nitrogens with zero attached hydrogens (tertiary/aromatic N) is 2. The van der Waals surface area contributed by atoms with Gasteiger partial charge in [0, 0.05) is 17.2 Å². The Morgan fingerprint density at radius 1 is 1.35 bits per heavy atom. The number of alkyl carbamates (subject to hydrolysis) is 1. The van der Waals surface area contributed by atoms with Gasteiger partial charge in [-0.1, -0.05) is 13.8 Å². The highest BCUT2D eigenvalue weighted by Gasteiger charge is 2.38. The lowest BCUT2D eigenvalue weighted by atomic mass is 10.0. The molecule has 0 aliphatic carbocycles. The van der Waals surface area contributed by atoms with Gasteiger partial charge in [-0.25, -0.2) is 9.78 Å². The topological polar surface area (TPSA) is 101 Å². The lowest BCUT2D eigenvalue weighted by molar-refractivity contribution is -0.139. The zero-order chi connectivity index (χ0) is 19.3. The van der Waals surface area contributed by atoms with Gasteiger partial charge in [0.1, 0.15) is 17.9 Å². The van der Waals surface area contributed by atoms with Gasteiger partial charge in [0.25, 0.3) is 0 Å². The van der Waals surface area contributed by atoms with Crippen LogP contribution in [-0.2, 0) is 14.3 Å². The van der Waals surface area contributed by atoms with Crippen LogP contribution in [0.15, 0.2) is 22.8 Å². The Morgan fingerprint density at radius 3 is 2.65 bits per heavy atom. The first-order chi connectivity index (χ1) is 12.3. The van der Waals surface area contributed by atoms with E-state index >= 15 is 0 Å². The molecule has 1 saturated heterocycles. The molecular formula is C17H23BrN4O4. The predicted molar refractivity (Wildman–Crippen MR) is 99.5 cm³/mol. The predicted octanol–water partition coefficient (Wildman–Crippen LogP) is 2.15. The van der Waals surface area contributed by atoms with Crippen molar-refractivity contribution in [1.82, 2.24) is 15.2 Å². The number of likely N-dealkylation sites (tertiary alicyclic amines) is 1. The Balaban J connectivity index is 2.09. The highest BCUT2D eigenvalue weighted by molar-refractivity contribution is 9.10. The summed E-state index contributed by atoms with van der Waals surface area (Å²) in [6.45, 7) is 4.13.